The molecular formula is C9H11F3N2S. The SMILES string of the molecule is CCSc1ccc(NN)cc1C(F)(F)F. The molecule has 0 heterocycles. The van der Waals surface area contributed by atoms with Crippen molar-refractivity contribution in [1.29, 1.82) is 0 Å². The van der Waals surface area contributed by atoms with E-state index in [0.29, 0.717) is 5.75 Å². The van der Waals surface area contributed by atoms with Crippen molar-refractivity contribution >= 4 is 17.4 Å². The number of anilines is 1. The molecule has 0 aliphatic rings. The lowest BCUT2D eigenvalue weighted by Crippen LogP contribution is -2.11. The van der Waals surface area contributed by atoms with E-state index in [9.17, 15) is 13.2 Å². The molecule has 2 nitrogen and oxygen atoms in total. The lowest BCUT2D eigenvalue weighted by Gasteiger charge is -2.13. The van der Waals surface area contributed by atoms with Crippen LogP contribution in [0.2, 0.25) is 0 Å². The smallest absolute Gasteiger partial charge is 0.324 e. The Kier molecular flexibility index (Phi) is 3.87. The Labute approximate surface area is 90.0 Å². The van der Waals surface area contributed by atoms with Crippen molar-refractivity contribution < 1.29 is 13.2 Å². The summed E-state index contributed by atoms with van der Waals surface area (Å²) < 4.78 is 37.8. The third kappa shape index (κ3) is 3.04. The first-order valence-corrected chi connectivity index (χ1v) is 5.28. The first-order valence-electron chi connectivity index (χ1n) is 4.29. The number of nitrogens with one attached hydrogen (secondary N) is 1. The number of alkyl halides is 3. The zero-order valence-corrected chi connectivity index (χ0v) is 8.88. The predicted molar refractivity (Wildman–Crippen MR) is 55.7 cm³/mol. The van der Waals surface area contributed by atoms with Gasteiger partial charge in [-0.25, -0.2) is 0 Å². The molecule has 0 spiro atoms. The van der Waals surface area contributed by atoms with Crippen LogP contribution in [0.4, 0.5) is 18.9 Å². The molecular weight excluding hydrogens is 225 g/mol. The average molecular weight is 236 g/mol. The third-order valence-electron chi connectivity index (χ3n) is 1.75. The summed E-state index contributed by atoms with van der Waals surface area (Å²) in [6.07, 6.45) is -4.34. The minimum atomic E-state index is -4.34. The van der Waals surface area contributed by atoms with Gasteiger partial charge in [-0.1, -0.05) is 6.92 Å². The minimum absolute atomic E-state index is 0.226. The molecule has 0 bridgehead atoms. The summed E-state index contributed by atoms with van der Waals surface area (Å²) in [5.41, 5.74) is 1.80. The zero-order chi connectivity index (χ0) is 11.5. The van der Waals surface area contributed by atoms with Gasteiger partial charge in [0.1, 0.15) is 0 Å². The van der Waals surface area contributed by atoms with Crippen LogP contribution in [0.1, 0.15) is 12.5 Å². The van der Waals surface area contributed by atoms with Crippen molar-refractivity contribution in [2.45, 2.75) is 18.0 Å². The second-order valence-electron chi connectivity index (χ2n) is 2.79. The molecule has 6 heteroatoms. The molecule has 0 aliphatic heterocycles. The summed E-state index contributed by atoms with van der Waals surface area (Å²) in [5.74, 6) is 5.66. The lowest BCUT2D eigenvalue weighted by molar-refractivity contribution is -0.139. The Morgan fingerprint density at radius 3 is 2.53 bits per heavy atom. The number of rotatable bonds is 3. The second kappa shape index (κ2) is 4.76. The molecule has 15 heavy (non-hydrogen) atoms. The Morgan fingerprint density at radius 1 is 1.40 bits per heavy atom. The van der Waals surface area contributed by atoms with Crippen LogP contribution in [0.5, 0.6) is 0 Å². The number of nitrogens with two attached hydrogens (primary N) is 1. The van der Waals surface area contributed by atoms with Gasteiger partial charge in [-0.05, 0) is 24.0 Å². The predicted octanol–water partition coefficient (Wildman–Crippen LogP) is 3.10. The zero-order valence-electron chi connectivity index (χ0n) is 8.06. The van der Waals surface area contributed by atoms with Gasteiger partial charge < -0.3 is 5.43 Å². The van der Waals surface area contributed by atoms with Gasteiger partial charge in [-0.3, -0.25) is 5.84 Å². The van der Waals surface area contributed by atoms with Crippen LogP contribution in [-0.2, 0) is 6.18 Å². The van der Waals surface area contributed by atoms with Gasteiger partial charge in [0.25, 0.3) is 0 Å². The Hall–Kier alpha value is -0.880. The third-order valence-corrected chi connectivity index (χ3v) is 2.71. The normalized spacial score (nSPS) is 11.5. The molecule has 0 saturated heterocycles. The van der Waals surface area contributed by atoms with Crippen molar-refractivity contribution in [3.8, 4) is 0 Å². The Morgan fingerprint density at radius 2 is 2.07 bits per heavy atom. The van der Waals surface area contributed by atoms with E-state index in [-0.39, 0.29) is 10.6 Å². The second-order valence-corrected chi connectivity index (χ2v) is 4.09. The van der Waals surface area contributed by atoms with Gasteiger partial charge in [-0.15, -0.1) is 11.8 Å². The summed E-state index contributed by atoms with van der Waals surface area (Å²) in [6.45, 7) is 1.81. The maximum absolute atomic E-state index is 12.6. The lowest BCUT2D eigenvalue weighted by atomic mass is 10.2. The van der Waals surface area contributed by atoms with E-state index in [1.54, 1.807) is 6.92 Å². The van der Waals surface area contributed by atoms with Crippen molar-refractivity contribution in [3.63, 3.8) is 0 Å². The molecule has 3 N–H and O–H groups in total. The van der Waals surface area contributed by atoms with Gasteiger partial charge in [0.2, 0.25) is 0 Å². The number of hydrogen-bond donors (Lipinski definition) is 2. The highest BCUT2D eigenvalue weighted by atomic mass is 32.2. The molecule has 0 radical (unpaired) electrons. The van der Waals surface area contributed by atoms with Crippen molar-refractivity contribution in [3.05, 3.63) is 23.8 Å². The number of nitrogen functional groups attached to an aromatic ring is 1. The van der Waals surface area contributed by atoms with Crippen molar-refractivity contribution in [2.75, 3.05) is 11.2 Å². The molecule has 0 atom stereocenters. The van der Waals surface area contributed by atoms with Gasteiger partial charge in [-0.2, -0.15) is 13.2 Å². The van der Waals surface area contributed by atoms with Crippen LogP contribution in [0.3, 0.4) is 0 Å². The van der Waals surface area contributed by atoms with Crippen LogP contribution < -0.4 is 11.3 Å². The molecule has 1 aromatic rings. The highest BCUT2D eigenvalue weighted by molar-refractivity contribution is 7.99. The van der Waals surface area contributed by atoms with Gasteiger partial charge in [0.05, 0.1) is 5.56 Å². The van der Waals surface area contributed by atoms with Gasteiger partial charge in [0, 0.05) is 10.6 Å². The van der Waals surface area contributed by atoms with Gasteiger partial charge in [0.15, 0.2) is 0 Å². The monoisotopic (exact) mass is 236 g/mol. The maximum atomic E-state index is 12.6. The van der Waals surface area contributed by atoms with E-state index in [2.05, 4.69) is 5.43 Å². The van der Waals surface area contributed by atoms with E-state index in [1.165, 1.54) is 12.1 Å². The standard InChI is InChI=1S/C9H11F3N2S/c1-2-15-8-4-3-6(14-13)5-7(8)9(10,11)12/h3-5,14H,2,13H2,1H3. The van der Waals surface area contributed by atoms with Gasteiger partial charge >= 0.3 is 6.18 Å². The maximum Gasteiger partial charge on any atom is 0.417 e. The fourth-order valence-corrected chi connectivity index (χ4v) is 1.93. The fourth-order valence-electron chi connectivity index (χ4n) is 1.12. The number of benzene rings is 1. The van der Waals surface area contributed by atoms with Crippen LogP contribution in [0.15, 0.2) is 23.1 Å². The fraction of sp³-hybridized carbons (Fsp3) is 0.333. The molecule has 0 fully saturated rings. The number of hydrogen-bond acceptors (Lipinski definition) is 3. The molecule has 0 unspecified atom stereocenters. The topological polar surface area (TPSA) is 38.0 Å². The minimum Gasteiger partial charge on any atom is -0.324 e. The van der Waals surface area contributed by atoms with E-state index < -0.39 is 11.7 Å². The Balaban J connectivity index is 3.16. The van der Waals surface area contributed by atoms with E-state index in [1.807, 2.05) is 0 Å². The number of hydrazine groups is 1. The molecule has 0 aliphatic carbocycles. The molecule has 0 saturated carbocycles. The van der Waals surface area contributed by atoms with Crippen LogP contribution in [0.25, 0.3) is 0 Å². The quantitative estimate of drug-likeness (QED) is 0.481. The first kappa shape index (κ1) is 12.2. The summed E-state index contributed by atoms with van der Waals surface area (Å²) >= 11 is 1.16. The number of halogens is 3. The first-order chi connectivity index (χ1) is 6.99. The van der Waals surface area contributed by atoms with E-state index in [4.69, 9.17) is 5.84 Å². The highest BCUT2D eigenvalue weighted by Gasteiger charge is 2.33. The summed E-state index contributed by atoms with van der Waals surface area (Å²) in [5, 5.41) is 0. The number of thioether (sulfide) groups is 1. The molecule has 1 rings (SSSR count). The summed E-state index contributed by atoms with van der Waals surface area (Å²) in [7, 11) is 0. The molecule has 1 aromatic carbocycles. The van der Waals surface area contributed by atoms with Crippen LogP contribution in [-0.4, -0.2) is 5.75 Å². The largest absolute Gasteiger partial charge is 0.417 e. The summed E-state index contributed by atoms with van der Waals surface area (Å²) in [4.78, 5) is 0.226. The average Bonchev–Trinajstić information content (AvgIpc) is 2.17. The van der Waals surface area contributed by atoms with Crippen LogP contribution >= 0.6 is 11.8 Å². The molecule has 0 amide bonds. The molecule has 0 aromatic heterocycles. The van der Waals surface area contributed by atoms with Crippen LogP contribution in [0, 0.1) is 0 Å². The van der Waals surface area contributed by atoms with Crippen molar-refractivity contribution in [2.24, 2.45) is 5.84 Å². The Bertz CT molecular complexity index is 339. The highest BCUT2D eigenvalue weighted by Crippen LogP contribution is 2.37. The van der Waals surface area contributed by atoms with E-state index >= 15 is 0 Å². The van der Waals surface area contributed by atoms with E-state index in [0.717, 1.165) is 17.8 Å². The summed E-state index contributed by atoms with van der Waals surface area (Å²) in [6, 6.07) is 3.96. The van der Waals surface area contributed by atoms with Crippen molar-refractivity contribution in [1.82, 2.24) is 0 Å². The molecule has 84 valence electrons.